The average molecular weight is 503 g/mol. The van der Waals surface area contributed by atoms with Crippen LogP contribution in [0.3, 0.4) is 0 Å². The second-order valence-corrected chi connectivity index (χ2v) is 10.7. The van der Waals surface area contributed by atoms with Crippen LogP contribution in [0.5, 0.6) is 0 Å². The van der Waals surface area contributed by atoms with Crippen LogP contribution in [0.15, 0.2) is 42.9 Å². The molecule has 3 aromatic rings. The number of pyridine rings is 1. The van der Waals surface area contributed by atoms with Gasteiger partial charge in [0.15, 0.2) is 0 Å². The Bertz CT molecular complexity index is 1360. The first kappa shape index (κ1) is 24.7. The minimum atomic E-state index is -3.58. The molecule has 3 heterocycles. The van der Waals surface area contributed by atoms with Crippen LogP contribution in [0.25, 0.3) is 16.6 Å². The number of carbonyl (C=O) groups is 2. The molecule has 2 aromatic heterocycles. The van der Waals surface area contributed by atoms with E-state index in [2.05, 4.69) is 15.4 Å². The summed E-state index contributed by atoms with van der Waals surface area (Å²) in [5, 5.41) is 7.96. The molecule has 0 unspecified atom stereocenters. The number of piperidine rings is 1. The third-order valence-electron chi connectivity index (χ3n) is 6.49. The van der Waals surface area contributed by atoms with Gasteiger partial charge in [-0.1, -0.05) is 6.92 Å². The Morgan fingerprint density at radius 3 is 2.57 bits per heavy atom. The number of nitrogens with one attached hydrogen (secondary N) is 1. The van der Waals surface area contributed by atoms with Crippen molar-refractivity contribution in [2.75, 3.05) is 12.8 Å². The molecule has 12 heteroatoms. The molecule has 4 rings (SSSR count). The molecule has 1 aromatic carbocycles. The summed E-state index contributed by atoms with van der Waals surface area (Å²) in [6.45, 7) is 2.07. The lowest BCUT2D eigenvalue weighted by Crippen LogP contribution is -2.55. The maximum absolute atomic E-state index is 13.3. The minimum Gasteiger partial charge on any atom is -0.368 e. The van der Waals surface area contributed by atoms with E-state index in [9.17, 15) is 22.4 Å². The van der Waals surface area contributed by atoms with Crippen LogP contribution in [-0.4, -0.2) is 64.2 Å². The van der Waals surface area contributed by atoms with Crippen LogP contribution in [0.4, 0.5) is 4.39 Å². The SMILES string of the molecule is CC[C@H](NC(=O)c1cncc2c1cnn2-c1ccc(F)cc1)[C@H]1CCN(S(C)(=O)=O)[C@@H](C(N)=O)C1. The number of benzene rings is 1. The van der Waals surface area contributed by atoms with Crippen molar-refractivity contribution < 1.29 is 22.4 Å². The monoisotopic (exact) mass is 502 g/mol. The van der Waals surface area contributed by atoms with E-state index in [0.29, 0.717) is 35.0 Å². The molecule has 35 heavy (non-hydrogen) atoms. The van der Waals surface area contributed by atoms with Gasteiger partial charge >= 0.3 is 0 Å². The van der Waals surface area contributed by atoms with Gasteiger partial charge in [-0.15, -0.1) is 0 Å². The third kappa shape index (κ3) is 5.03. The van der Waals surface area contributed by atoms with E-state index in [1.807, 2.05) is 6.92 Å². The van der Waals surface area contributed by atoms with E-state index in [0.717, 1.165) is 10.6 Å². The summed E-state index contributed by atoms with van der Waals surface area (Å²) in [6.07, 6.45) is 6.95. The highest BCUT2D eigenvalue weighted by molar-refractivity contribution is 7.88. The Kier molecular flexibility index (Phi) is 6.86. The number of primary amides is 1. The molecule has 1 fully saturated rings. The highest BCUT2D eigenvalue weighted by Crippen LogP contribution is 2.29. The van der Waals surface area contributed by atoms with Crippen molar-refractivity contribution >= 4 is 32.7 Å². The van der Waals surface area contributed by atoms with E-state index in [1.165, 1.54) is 18.3 Å². The molecular weight excluding hydrogens is 475 g/mol. The summed E-state index contributed by atoms with van der Waals surface area (Å²) >= 11 is 0. The Hall–Kier alpha value is -3.38. The van der Waals surface area contributed by atoms with Crippen molar-refractivity contribution in [2.45, 2.75) is 38.3 Å². The zero-order valence-corrected chi connectivity index (χ0v) is 20.2. The van der Waals surface area contributed by atoms with Crippen molar-refractivity contribution in [1.29, 1.82) is 0 Å². The predicted octanol–water partition coefficient (Wildman–Crippen LogP) is 1.59. The van der Waals surface area contributed by atoms with Crippen molar-refractivity contribution in [3.8, 4) is 5.69 Å². The quantitative estimate of drug-likeness (QED) is 0.503. The van der Waals surface area contributed by atoms with Gasteiger partial charge in [0.1, 0.15) is 11.9 Å². The molecule has 10 nitrogen and oxygen atoms in total. The van der Waals surface area contributed by atoms with E-state index in [4.69, 9.17) is 5.73 Å². The molecule has 1 aliphatic heterocycles. The van der Waals surface area contributed by atoms with Gasteiger partial charge in [0, 0.05) is 24.2 Å². The molecule has 0 bridgehead atoms. The topological polar surface area (TPSA) is 140 Å². The second-order valence-electron chi connectivity index (χ2n) is 8.72. The molecule has 1 aliphatic rings. The first-order chi connectivity index (χ1) is 16.6. The molecule has 3 atom stereocenters. The molecule has 0 radical (unpaired) electrons. The largest absolute Gasteiger partial charge is 0.368 e. The van der Waals surface area contributed by atoms with Gasteiger partial charge in [0.05, 0.1) is 35.4 Å². The molecule has 3 N–H and O–H groups in total. The number of fused-ring (bicyclic) bond motifs is 1. The summed E-state index contributed by atoms with van der Waals surface area (Å²) in [5.41, 5.74) is 7.05. The van der Waals surface area contributed by atoms with Crippen LogP contribution in [0, 0.1) is 11.7 Å². The van der Waals surface area contributed by atoms with Gasteiger partial charge in [-0.2, -0.15) is 9.40 Å². The number of nitrogens with two attached hydrogens (primary N) is 1. The number of amides is 2. The number of rotatable bonds is 7. The normalized spacial score (nSPS) is 20.0. The fourth-order valence-electron chi connectivity index (χ4n) is 4.70. The average Bonchev–Trinajstić information content (AvgIpc) is 3.26. The van der Waals surface area contributed by atoms with Gasteiger partial charge in [0.25, 0.3) is 5.91 Å². The Morgan fingerprint density at radius 2 is 1.94 bits per heavy atom. The molecular formula is C23H27FN6O4S. The van der Waals surface area contributed by atoms with E-state index in [-0.39, 0.29) is 36.6 Å². The first-order valence-electron chi connectivity index (χ1n) is 11.2. The maximum Gasteiger partial charge on any atom is 0.253 e. The lowest BCUT2D eigenvalue weighted by atomic mass is 9.84. The van der Waals surface area contributed by atoms with Gasteiger partial charge < -0.3 is 11.1 Å². The van der Waals surface area contributed by atoms with E-state index >= 15 is 0 Å². The van der Waals surface area contributed by atoms with Crippen molar-refractivity contribution in [1.82, 2.24) is 24.4 Å². The Morgan fingerprint density at radius 1 is 1.23 bits per heavy atom. The number of nitrogens with zero attached hydrogens (tertiary/aromatic N) is 4. The molecule has 0 saturated carbocycles. The van der Waals surface area contributed by atoms with Gasteiger partial charge in [-0.05, 0) is 49.4 Å². The van der Waals surface area contributed by atoms with Crippen molar-refractivity contribution in [2.24, 2.45) is 11.7 Å². The summed E-state index contributed by atoms with van der Waals surface area (Å²) in [5.74, 6) is -1.55. The lowest BCUT2D eigenvalue weighted by Gasteiger charge is -2.39. The minimum absolute atomic E-state index is 0.131. The number of sulfonamides is 1. The predicted molar refractivity (Wildman–Crippen MR) is 128 cm³/mol. The molecule has 2 amide bonds. The maximum atomic E-state index is 13.3. The second kappa shape index (κ2) is 9.70. The fourth-order valence-corrected chi connectivity index (χ4v) is 5.79. The molecule has 0 spiro atoms. The summed E-state index contributed by atoms with van der Waals surface area (Å²) in [6, 6.07) is 4.57. The number of carbonyl (C=O) groups excluding carboxylic acids is 2. The van der Waals surface area contributed by atoms with Crippen LogP contribution in [0.2, 0.25) is 0 Å². The highest BCUT2D eigenvalue weighted by Gasteiger charge is 2.39. The zero-order chi connectivity index (χ0) is 25.3. The van der Waals surface area contributed by atoms with Gasteiger partial charge in [0.2, 0.25) is 15.9 Å². The molecule has 186 valence electrons. The van der Waals surface area contributed by atoms with Gasteiger partial charge in [-0.25, -0.2) is 17.5 Å². The number of hydrogen-bond acceptors (Lipinski definition) is 6. The van der Waals surface area contributed by atoms with Crippen LogP contribution in [-0.2, 0) is 14.8 Å². The molecule has 0 aliphatic carbocycles. The van der Waals surface area contributed by atoms with Crippen molar-refractivity contribution in [3.63, 3.8) is 0 Å². The van der Waals surface area contributed by atoms with Crippen LogP contribution < -0.4 is 11.1 Å². The summed E-state index contributed by atoms with van der Waals surface area (Å²) in [7, 11) is -3.58. The highest BCUT2D eigenvalue weighted by atomic mass is 32.2. The van der Waals surface area contributed by atoms with E-state index < -0.39 is 22.0 Å². The van der Waals surface area contributed by atoms with Crippen LogP contribution in [0.1, 0.15) is 36.5 Å². The lowest BCUT2D eigenvalue weighted by molar-refractivity contribution is -0.123. The Balaban J connectivity index is 1.56. The van der Waals surface area contributed by atoms with Crippen molar-refractivity contribution in [3.05, 3.63) is 54.2 Å². The third-order valence-corrected chi connectivity index (χ3v) is 7.78. The summed E-state index contributed by atoms with van der Waals surface area (Å²) < 4.78 is 40.2. The number of aromatic nitrogens is 3. The van der Waals surface area contributed by atoms with E-state index in [1.54, 1.807) is 29.2 Å². The summed E-state index contributed by atoms with van der Waals surface area (Å²) in [4.78, 5) is 29.4. The first-order valence-corrected chi connectivity index (χ1v) is 13.1. The number of halogens is 1. The zero-order valence-electron chi connectivity index (χ0n) is 19.4. The fraction of sp³-hybridized carbons (Fsp3) is 0.391. The van der Waals surface area contributed by atoms with Crippen LogP contribution >= 0.6 is 0 Å². The molecule has 1 saturated heterocycles. The standard InChI is InChI=1S/C23H27FN6O4S/c1-3-19(14-8-9-29(35(2,33)34)20(10-14)22(25)31)28-23(32)18-11-26-13-21-17(18)12-27-30(21)16-6-4-15(24)5-7-16/h4-7,11-14,19-20H,3,8-10H2,1-2H3,(H2,25,31)(H,28,32)/t14-,19-,20+/m0/s1. The van der Waals surface area contributed by atoms with Gasteiger partial charge in [-0.3, -0.25) is 14.6 Å². The Labute approximate surface area is 202 Å². The number of hydrogen-bond donors (Lipinski definition) is 2. The smallest absolute Gasteiger partial charge is 0.253 e.